The summed E-state index contributed by atoms with van der Waals surface area (Å²) in [6, 6.07) is 3.66. The first-order valence-electron chi connectivity index (χ1n) is 5.45. The van der Waals surface area contributed by atoms with Gasteiger partial charge in [-0.15, -0.1) is 0 Å². The van der Waals surface area contributed by atoms with E-state index in [1.165, 1.54) is 7.11 Å². The van der Waals surface area contributed by atoms with E-state index < -0.39 is 0 Å². The van der Waals surface area contributed by atoms with Crippen LogP contribution in [0.3, 0.4) is 0 Å². The van der Waals surface area contributed by atoms with E-state index in [-0.39, 0.29) is 17.5 Å². The third-order valence-electron chi connectivity index (χ3n) is 3.61. The zero-order valence-electron chi connectivity index (χ0n) is 9.86. The molecule has 1 aliphatic rings. The lowest BCUT2D eigenvalue weighted by atomic mass is 9.96. The summed E-state index contributed by atoms with van der Waals surface area (Å²) in [5, 5.41) is 9.80. The fraction of sp³-hybridized carbons (Fsp3) is 0.583. The summed E-state index contributed by atoms with van der Waals surface area (Å²) in [7, 11) is 3.21. The summed E-state index contributed by atoms with van der Waals surface area (Å²) in [5.41, 5.74) is 1.40. The average Bonchev–Trinajstić information content (AvgIpc) is 2.97. The fourth-order valence-electron chi connectivity index (χ4n) is 2.34. The molecule has 0 amide bonds. The van der Waals surface area contributed by atoms with Crippen molar-refractivity contribution in [3.8, 4) is 0 Å². The molecular weight excluding hydrogens is 206 g/mol. The van der Waals surface area contributed by atoms with Crippen LogP contribution in [0.25, 0.3) is 0 Å². The molecule has 1 unspecified atom stereocenters. The maximum Gasteiger partial charge on any atom is 0.354 e. The van der Waals surface area contributed by atoms with E-state index >= 15 is 0 Å². The van der Waals surface area contributed by atoms with Crippen molar-refractivity contribution in [2.75, 3.05) is 7.11 Å². The molecule has 1 aromatic rings. The smallest absolute Gasteiger partial charge is 0.354 e. The summed E-state index contributed by atoms with van der Waals surface area (Å²) in [5.74, 6) is -0.338. The van der Waals surface area contributed by atoms with Crippen LogP contribution in [0.15, 0.2) is 12.1 Å². The Morgan fingerprint density at radius 1 is 1.56 bits per heavy atom. The molecule has 88 valence electrons. The quantitative estimate of drug-likeness (QED) is 0.784. The Morgan fingerprint density at radius 3 is 2.62 bits per heavy atom. The molecule has 16 heavy (non-hydrogen) atoms. The largest absolute Gasteiger partial charge is 0.464 e. The number of carbonyl (C=O) groups is 1. The van der Waals surface area contributed by atoms with E-state index in [2.05, 4.69) is 0 Å². The molecule has 1 N–H and O–H groups in total. The minimum Gasteiger partial charge on any atom is -0.464 e. The zero-order valence-corrected chi connectivity index (χ0v) is 9.86. The first kappa shape index (κ1) is 11.2. The van der Waals surface area contributed by atoms with E-state index in [0.29, 0.717) is 5.69 Å². The standard InChI is InChI=1S/C12H17NO3/c1-8(14)12(6-7-12)10-5-4-9(13(10)2)11(15)16-3/h4-5,8,14H,6-7H2,1-3H3. The lowest BCUT2D eigenvalue weighted by molar-refractivity contribution is 0.0588. The van der Waals surface area contributed by atoms with Gasteiger partial charge in [0.25, 0.3) is 0 Å². The van der Waals surface area contributed by atoms with Crippen LogP contribution in [0, 0.1) is 0 Å². The Labute approximate surface area is 94.8 Å². The van der Waals surface area contributed by atoms with Gasteiger partial charge in [-0.3, -0.25) is 0 Å². The normalized spacial score (nSPS) is 19.2. The van der Waals surface area contributed by atoms with Crippen LogP contribution in [0.4, 0.5) is 0 Å². The number of nitrogens with zero attached hydrogens (tertiary/aromatic N) is 1. The number of aromatic nitrogens is 1. The van der Waals surface area contributed by atoms with Gasteiger partial charge in [0.2, 0.25) is 0 Å². The number of hydrogen-bond donors (Lipinski definition) is 1. The summed E-state index contributed by atoms with van der Waals surface area (Å²) >= 11 is 0. The van der Waals surface area contributed by atoms with Crippen molar-refractivity contribution < 1.29 is 14.6 Å². The monoisotopic (exact) mass is 223 g/mol. The Bertz CT molecular complexity index is 416. The molecule has 4 nitrogen and oxygen atoms in total. The summed E-state index contributed by atoms with van der Waals surface area (Å²) in [6.45, 7) is 1.80. The van der Waals surface area contributed by atoms with Crippen molar-refractivity contribution >= 4 is 5.97 Å². The average molecular weight is 223 g/mol. The van der Waals surface area contributed by atoms with Gasteiger partial charge >= 0.3 is 5.97 Å². The highest BCUT2D eigenvalue weighted by atomic mass is 16.5. The number of hydrogen-bond acceptors (Lipinski definition) is 3. The second kappa shape index (κ2) is 3.63. The van der Waals surface area contributed by atoms with Crippen molar-refractivity contribution in [3.63, 3.8) is 0 Å². The molecule has 1 aliphatic carbocycles. The number of rotatable bonds is 3. The lowest BCUT2D eigenvalue weighted by Crippen LogP contribution is -2.25. The highest BCUT2D eigenvalue weighted by Gasteiger charge is 2.50. The highest BCUT2D eigenvalue weighted by Crippen LogP contribution is 2.51. The van der Waals surface area contributed by atoms with E-state index in [0.717, 1.165) is 18.5 Å². The van der Waals surface area contributed by atoms with Crippen molar-refractivity contribution in [1.29, 1.82) is 0 Å². The molecule has 0 spiro atoms. The maximum atomic E-state index is 11.5. The van der Waals surface area contributed by atoms with Crippen molar-refractivity contribution in [2.24, 2.45) is 7.05 Å². The van der Waals surface area contributed by atoms with Gasteiger partial charge in [0, 0.05) is 18.2 Å². The Kier molecular flexibility index (Phi) is 2.54. The molecule has 0 aliphatic heterocycles. The van der Waals surface area contributed by atoms with Crippen LogP contribution in [-0.4, -0.2) is 28.9 Å². The Hall–Kier alpha value is -1.29. The minimum absolute atomic E-state index is 0.152. The second-order valence-electron chi connectivity index (χ2n) is 4.49. The number of aliphatic hydroxyl groups excluding tert-OH is 1. The SMILES string of the molecule is COC(=O)c1ccc(C2(C(C)O)CC2)n1C. The van der Waals surface area contributed by atoms with Crippen LogP contribution in [0.2, 0.25) is 0 Å². The first-order chi connectivity index (χ1) is 7.53. The predicted octanol–water partition coefficient (Wildman–Crippen LogP) is 1.22. The molecule has 0 saturated heterocycles. The summed E-state index contributed by atoms with van der Waals surface area (Å²) < 4.78 is 6.53. The molecule has 0 radical (unpaired) electrons. The Balaban J connectivity index is 2.38. The number of esters is 1. The molecule has 0 aromatic carbocycles. The third-order valence-corrected chi connectivity index (χ3v) is 3.61. The number of carbonyl (C=O) groups excluding carboxylic acids is 1. The van der Waals surface area contributed by atoms with Crippen LogP contribution < -0.4 is 0 Å². The van der Waals surface area contributed by atoms with Gasteiger partial charge in [0.05, 0.1) is 13.2 Å². The Morgan fingerprint density at radius 2 is 2.19 bits per heavy atom. The van der Waals surface area contributed by atoms with Gasteiger partial charge in [-0.2, -0.15) is 0 Å². The van der Waals surface area contributed by atoms with Crippen molar-refractivity contribution in [1.82, 2.24) is 4.57 Å². The maximum absolute atomic E-state index is 11.5. The van der Waals surface area contributed by atoms with Gasteiger partial charge in [-0.1, -0.05) is 0 Å². The topological polar surface area (TPSA) is 51.5 Å². The van der Waals surface area contributed by atoms with E-state index in [1.807, 2.05) is 17.7 Å². The van der Waals surface area contributed by atoms with E-state index in [4.69, 9.17) is 4.74 Å². The van der Waals surface area contributed by atoms with Crippen LogP contribution in [0.5, 0.6) is 0 Å². The molecule has 1 fully saturated rings. The highest BCUT2D eigenvalue weighted by molar-refractivity contribution is 5.87. The molecule has 4 heteroatoms. The zero-order chi connectivity index (χ0) is 11.9. The van der Waals surface area contributed by atoms with Crippen LogP contribution in [-0.2, 0) is 17.2 Å². The van der Waals surface area contributed by atoms with Crippen LogP contribution in [0.1, 0.15) is 35.9 Å². The molecule has 2 rings (SSSR count). The fourth-order valence-corrected chi connectivity index (χ4v) is 2.34. The van der Waals surface area contributed by atoms with Gasteiger partial charge in [0.15, 0.2) is 0 Å². The van der Waals surface area contributed by atoms with Gasteiger partial charge in [0.1, 0.15) is 5.69 Å². The molecule has 1 heterocycles. The molecule has 1 atom stereocenters. The number of methoxy groups -OCH3 is 1. The van der Waals surface area contributed by atoms with Gasteiger partial charge in [-0.05, 0) is 31.9 Å². The molecule has 1 aromatic heterocycles. The molecule has 1 saturated carbocycles. The predicted molar refractivity (Wildman–Crippen MR) is 59.3 cm³/mol. The second-order valence-corrected chi connectivity index (χ2v) is 4.49. The first-order valence-corrected chi connectivity index (χ1v) is 5.45. The van der Waals surface area contributed by atoms with E-state index in [9.17, 15) is 9.90 Å². The summed E-state index contributed by atoms with van der Waals surface area (Å²) in [6.07, 6.45) is 1.57. The van der Waals surface area contributed by atoms with Crippen molar-refractivity contribution in [2.45, 2.75) is 31.3 Å². The third kappa shape index (κ3) is 1.45. The van der Waals surface area contributed by atoms with Gasteiger partial charge < -0.3 is 14.4 Å². The molecular formula is C12H17NO3. The number of ether oxygens (including phenoxy) is 1. The number of aliphatic hydroxyl groups is 1. The van der Waals surface area contributed by atoms with Gasteiger partial charge in [-0.25, -0.2) is 4.79 Å². The van der Waals surface area contributed by atoms with Crippen LogP contribution >= 0.6 is 0 Å². The van der Waals surface area contributed by atoms with E-state index in [1.54, 1.807) is 13.0 Å². The summed E-state index contributed by atoms with van der Waals surface area (Å²) in [4.78, 5) is 11.5. The lowest BCUT2D eigenvalue weighted by Gasteiger charge is -2.20. The minimum atomic E-state index is -0.383. The van der Waals surface area contributed by atoms with Crippen molar-refractivity contribution in [3.05, 3.63) is 23.5 Å². The molecule has 0 bridgehead atoms.